The molecule has 1 aliphatic carbocycles. The van der Waals surface area contributed by atoms with Crippen molar-refractivity contribution in [1.82, 2.24) is 20.3 Å². The van der Waals surface area contributed by atoms with Crippen LogP contribution in [-0.2, 0) is 4.74 Å². The number of nitrogens with zero attached hydrogens (tertiary/aromatic N) is 2. The Morgan fingerprint density at radius 2 is 1.65 bits per heavy atom. The number of fused-ring (bicyclic) bond motifs is 1. The lowest BCUT2D eigenvalue weighted by molar-refractivity contribution is 0.0475. The van der Waals surface area contributed by atoms with E-state index in [-0.39, 0.29) is 17.9 Å². The van der Waals surface area contributed by atoms with Gasteiger partial charge in [-0.25, -0.2) is 14.8 Å². The van der Waals surface area contributed by atoms with Crippen molar-refractivity contribution >= 4 is 28.7 Å². The lowest BCUT2D eigenvalue weighted by atomic mass is 9.86. The highest BCUT2D eigenvalue weighted by molar-refractivity contribution is 6.18. The molecule has 3 N–H and O–H groups in total. The number of H-pyrrole nitrogens is 1. The number of nitrogens with one attached hydrogen (secondary N) is 3. The average Bonchev–Trinajstić information content (AvgIpc) is 3.27. The van der Waals surface area contributed by atoms with Gasteiger partial charge >= 0.3 is 6.09 Å². The number of hydrogen-bond donors (Lipinski definition) is 3. The first kappa shape index (κ1) is 24.3. The van der Waals surface area contributed by atoms with Crippen molar-refractivity contribution in [1.29, 1.82) is 0 Å². The maximum Gasteiger partial charge on any atom is 0.407 e. The van der Waals surface area contributed by atoms with Gasteiger partial charge in [-0.15, -0.1) is 0 Å². The smallest absolute Gasteiger partial charge is 0.407 e. The van der Waals surface area contributed by atoms with E-state index < -0.39 is 11.7 Å². The first-order valence-electron chi connectivity index (χ1n) is 12.2. The highest BCUT2D eigenvalue weighted by atomic mass is 16.6. The summed E-state index contributed by atoms with van der Waals surface area (Å²) in [5.41, 5.74) is 1.05. The number of hydrogen-bond acceptors (Lipinski definition) is 7. The van der Waals surface area contributed by atoms with Crippen LogP contribution in [0.15, 0.2) is 67.1 Å². The summed E-state index contributed by atoms with van der Waals surface area (Å²) in [6.07, 6.45) is 4.15. The zero-order chi connectivity index (χ0) is 26.0. The summed E-state index contributed by atoms with van der Waals surface area (Å²) in [6.45, 7) is 5.50. The minimum Gasteiger partial charge on any atom is -0.457 e. The second-order valence-electron chi connectivity index (χ2n) is 10.1. The van der Waals surface area contributed by atoms with E-state index >= 15 is 0 Å². The summed E-state index contributed by atoms with van der Waals surface area (Å²) in [5, 5.41) is 6.93. The van der Waals surface area contributed by atoms with Crippen molar-refractivity contribution in [2.24, 2.45) is 0 Å². The topological polar surface area (TPSA) is 118 Å². The molecule has 2 aromatic heterocycles. The molecular weight excluding hydrogens is 470 g/mol. The number of para-hydroxylation sites is 1. The number of ether oxygens (including phenoxy) is 2. The van der Waals surface area contributed by atoms with Gasteiger partial charge in [0.15, 0.2) is 5.78 Å². The molecule has 2 heterocycles. The molecule has 190 valence electrons. The third-order valence-electron chi connectivity index (χ3n) is 6.01. The quantitative estimate of drug-likeness (QED) is 0.289. The van der Waals surface area contributed by atoms with Gasteiger partial charge in [0.25, 0.3) is 0 Å². The van der Waals surface area contributed by atoms with Crippen LogP contribution in [0.4, 0.5) is 10.6 Å². The van der Waals surface area contributed by atoms with Crippen molar-refractivity contribution in [3.05, 3.63) is 78.2 Å². The standard InChI is InChI=1S/C28H29N5O4/c1-28(2,3)37-27(35)33-19-13-18(14-19)32-26-23-22(15-29-25(23)30-16-31-26)24(34)17-9-11-21(12-10-17)36-20-7-5-4-6-8-20/h4-12,15-16,18-19H,13-14H2,1-3H3,(H,33,35)(H2,29,30,31,32). The van der Waals surface area contributed by atoms with E-state index in [1.165, 1.54) is 6.33 Å². The number of benzene rings is 2. The lowest BCUT2D eigenvalue weighted by Crippen LogP contribution is -2.50. The predicted molar refractivity (Wildman–Crippen MR) is 140 cm³/mol. The van der Waals surface area contributed by atoms with Crippen LogP contribution in [0.5, 0.6) is 11.5 Å². The SMILES string of the molecule is CC(C)(C)OC(=O)NC1CC(Nc2ncnc3[nH]cc(C(=O)c4ccc(Oc5ccccc5)cc4)c23)C1. The zero-order valence-corrected chi connectivity index (χ0v) is 20.9. The molecule has 9 nitrogen and oxygen atoms in total. The van der Waals surface area contributed by atoms with Crippen LogP contribution in [0.2, 0.25) is 0 Å². The minimum absolute atomic E-state index is 0.0219. The van der Waals surface area contributed by atoms with Gasteiger partial charge in [-0.05, 0) is 70.0 Å². The Morgan fingerprint density at radius 3 is 2.35 bits per heavy atom. The van der Waals surface area contributed by atoms with Gasteiger partial charge in [0.05, 0.1) is 10.9 Å². The van der Waals surface area contributed by atoms with Gasteiger partial charge in [-0.2, -0.15) is 0 Å². The number of ketones is 1. The van der Waals surface area contributed by atoms with Crippen LogP contribution in [0.25, 0.3) is 11.0 Å². The van der Waals surface area contributed by atoms with Crippen LogP contribution in [0.1, 0.15) is 49.5 Å². The van der Waals surface area contributed by atoms with E-state index in [1.54, 1.807) is 30.5 Å². The Bertz CT molecular complexity index is 1400. The van der Waals surface area contributed by atoms with Crippen LogP contribution >= 0.6 is 0 Å². The Labute approximate surface area is 214 Å². The maximum atomic E-state index is 13.4. The summed E-state index contributed by atoms with van der Waals surface area (Å²) in [6, 6.07) is 16.6. The molecule has 1 amide bonds. The van der Waals surface area contributed by atoms with E-state index in [0.29, 0.717) is 33.7 Å². The van der Waals surface area contributed by atoms with Crippen molar-refractivity contribution in [2.75, 3.05) is 5.32 Å². The Hall–Kier alpha value is -4.40. The van der Waals surface area contributed by atoms with Gasteiger partial charge in [0, 0.05) is 23.8 Å². The van der Waals surface area contributed by atoms with Crippen LogP contribution in [0, 0.1) is 0 Å². The van der Waals surface area contributed by atoms with Crippen LogP contribution in [-0.4, -0.2) is 44.5 Å². The van der Waals surface area contributed by atoms with Gasteiger partial charge < -0.3 is 25.1 Å². The summed E-state index contributed by atoms with van der Waals surface area (Å²) in [7, 11) is 0. The number of alkyl carbamates (subject to hydrolysis) is 1. The molecule has 2 aromatic carbocycles. The van der Waals surface area contributed by atoms with E-state index in [0.717, 1.165) is 18.6 Å². The molecule has 37 heavy (non-hydrogen) atoms. The number of aromatic nitrogens is 3. The van der Waals surface area contributed by atoms with Crippen molar-refractivity contribution in [3.63, 3.8) is 0 Å². The third kappa shape index (κ3) is 5.72. The monoisotopic (exact) mass is 499 g/mol. The van der Waals surface area contributed by atoms with Crippen LogP contribution < -0.4 is 15.4 Å². The van der Waals surface area contributed by atoms with Gasteiger partial charge in [0.2, 0.25) is 0 Å². The average molecular weight is 500 g/mol. The predicted octanol–water partition coefficient (Wildman–Crippen LogP) is 5.45. The molecule has 0 saturated heterocycles. The first-order valence-corrected chi connectivity index (χ1v) is 12.2. The fourth-order valence-electron chi connectivity index (χ4n) is 4.23. The highest BCUT2D eigenvalue weighted by Gasteiger charge is 2.32. The maximum absolute atomic E-state index is 13.4. The van der Waals surface area contributed by atoms with E-state index in [9.17, 15) is 9.59 Å². The van der Waals surface area contributed by atoms with Crippen LogP contribution in [0.3, 0.4) is 0 Å². The Morgan fingerprint density at radius 1 is 0.946 bits per heavy atom. The number of aromatic amines is 1. The molecule has 4 aromatic rings. The van der Waals surface area contributed by atoms with Gasteiger partial charge in [0.1, 0.15) is 34.9 Å². The number of carbonyl (C=O) groups excluding carboxylic acids is 2. The third-order valence-corrected chi connectivity index (χ3v) is 6.01. The minimum atomic E-state index is -0.537. The van der Waals surface area contributed by atoms with Crippen molar-refractivity contribution in [2.45, 2.75) is 51.3 Å². The van der Waals surface area contributed by atoms with Crippen molar-refractivity contribution in [3.8, 4) is 11.5 Å². The summed E-state index contributed by atoms with van der Waals surface area (Å²) in [5.74, 6) is 1.81. The molecule has 9 heteroatoms. The molecule has 0 spiro atoms. The van der Waals surface area contributed by atoms with Gasteiger partial charge in [-0.3, -0.25) is 4.79 Å². The first-order chi connectivity index (χ1) is 17.7. The van der Waals surface area contributed by atoms with E-state index in [2.05, 4.69) is 25.6 Å². The summed E-state index contributed by atoms with van der Waals surface area (Å²) >= 11 is 0. The molecule has 1 aliphatic rings. The fourth-order valence-corrected chi connectivity index (χ4v) is 4.23. The van der Waals surface area contributed by atoms with Gasteiger partial charge in [-0.1, -0.05) is 18.2 Å². The highest BCUT2D eigenvalue weighted by Crippen LogP contribution is 2.30. The summed E-state index contributed by atoms with van der Waals surface area (Å²) in [4.78, 5) is 37.2. The van der Waals surface area contributed by atoms with Crippen molar-refractivity contribution < 1.29 is 19.1 Å². The summed E-state index contributed by atoms with van der Waals surface area (Å²) < 4.78 is 11.2. The molecule has 0 radical (unpaired) electrons. The number of amides is 1. The molecule has 5 rings (SSSR count). The molecule has 1 fully saturated rings. The zero-order valence-electron chi connectivity index (χ0n) is 20.9. The largest absolute Gasteiger partial charge is 0.457 e. The normalized spacial score (nSPS) is 17.1. The number of anilines is 1. The molecule has 0 aliphatic heterocycles. The lowest BCUT2D eigenvalue weighted by Gasteiger charge is -2.37. The van der Waals surface area contributed by atoms with E-state index in [1.807, 2.05) is 51.1 Å². The Balaban J connectivity index is 1.26. The Kier molecular flexibility index (Phi) is 6.52. The second-order valence-corrected chi connectivity index (χ2v) is 10.1. The molecule has 0 bridgehead atoms. The molecule has 0 unspecified atom stereocenters. The molecule has 1 saturated carbocycles. The second kappa shape index (κ2) is 9.93. The fraction of sp³-hybridized carbons (Fsp3) is 0.286. The molecular formula is C28H29N5O4. The molecule has 0 atom stereocenters. The number of rotatable bonds is 7. The number of carbonyl (C=O) groups is 2. The van der Waals surface area contributed by atoms with E-state index in [4.69, 9.17) is 9.47 Å².